The molecule has 29 heavy (non-hydrogen) atoms. The van der Waals surface area contributed by atoms with E-state index in [1.54, 1.807) is 45.2 Å². The highest BCUT2D eigenvalue weighted by atomic mass is 16.5. The Labute approximate surface area is 170 Å². The second-order valence-corrected chi connectivity index (χ2v) is 6.59. The Morgan fingerprint density at radius 1 is 0.966 bits per heavy atom. The monoisotopic (exact) mass is 399 g/mol. The number of aryl methyl sites for hydroxylation is 1. The van der Waals surface area contributed by atoms with Crippen LogP contribution in [0.2, 0.25) is 0 Å². The van der Waals surface area contributed by atoms with Crippen molar-refractivity contribution in [2.24, 2.45) is 0 Å². The average molecular weight is 399 g/mol. The number of carbonyl (C=O) groups is 3. The Hall–Kier alpha value is -3.35. The summed E-state index contributed by atoms with van der Waals surface area (Å²) in [5.74, 6) is -0.593. The molecule has 0 unspecified atom stereocenters. The fourth-order valence-electron chi connectivity index (χ4n) is 2.43. The minimum Gasteiger partial charge on any atom is -0.497 e. The number of methoxy groups -OCH3 is 1. The van der Waals surface area contributed by atoms with Crippen molar-refractivity contribution in [3.63, 3.8) is 0 Å². The summed E-state index contributed by atoms with van der Waals surface area (Å²) in [5.41, 5.74) is 1.86. The Morgan fingerprint density at radius 2 is 1.62 bits per heavy atom. The molecule has 0 bridgehead atoms. The van der Waals surface area contributed by atoms with Crippen LogP contribution in [0.15, 0.2) is 48.5 Å². The summed E-state index contributed by atoms with van der Waals surface area (Å²) in [6, 6.07) is 13.7. The molecule has 0 atom stereocenters. The van der Waals surface area contributed by atoms with Crippen LogP contribution >= 0.6 is 0 Å². The third kappa shape index (κ3) is 7.65. The van der Waals surface area contributed by atoms with Crippen molar-refractivity contribution in [3.05, 3.63) is 59.7 Å². The van der Waals surface area contributed by atoms with Gasteiger partial charge in [0.05, 0.1) is 18.8 Å². The van der Waals surface area contributed by atoms with Gasteiger partial charge in [0, 0.05) is 12.1 Å². The minimum absolute atomic E-state index is 0.173. The van der Waals surface area contributed by atoms with Gasteiger partial charge < -0.3 is 19.5 Å². The van der Waals surface area contributed by atoms with Crippen LogP contribution in [0.3, 0.4) is 0 Å². The molecule has 0 spiro atoms. The highest BCUT2D eigenvalue weighted by Crippen LogP contribution is 2.13. The molecule has 0 aliphatic heterocycles. The van der Waals surface area contributed by atoms with Gasteiger partial charge in [0.1, 0.15) is 5.75 Å². The Balaban J connectivity index is 1.73. The van der Waals surface area contributed by atoms with Crippen molar-refractivity contribution in [3.8, 4) is 5.75 Å². The van der Waals surface area contributed by atoms with Gasteiger partial charge in [-0.3, -0.25) is 9.59 Å². The summed E-state index contributed by atoms with van der Waals surface area (Å²) in [4.78, 5) is 35.5. The molecular formula is C22H25NO6. The molecule has 0 aliphatic rings. The maximum Gasteiger partial charge on any atom is 0.338 e. The zero-order valence-corrected chi connectivity index (χ0v) is 16.8. The van der Waals surface area contributed by atoms with Crippen LogP contribution in [-0.4, -0.2) is 37.7 Å². The summed E-state index contributed by atoms with van der Waals surface area (Å²) in [6.45, 7) is 3.16. The molecule has 2 aromatic rings. The van der Waals surface area contributed by atoms with Crippen LogP contribution in [0.4, 0.5) is 5.69 Å². The molecular weight excluding hydrogens is 374 g/mol. The van der Waals surface area contributed by atoms with Crippen LogP contribution in [-0.2, 0) is 25.5 Å². The lowest BCUT2D eigenvalue weighted by atomic mass is 10.1. The summed E-state index contributed by atoms with van der Waals surface area (Å²) < 4.78 is 15.2. The zero-order valence-electron chi connectivity index (χ0n) is 16.8. The van der Waals surface area contributed by atoms with Gasteiger partial charge in [-0.05, 0) is 62.2 Å². The van der Waals surface area contributed by atoms with Gasteiger partial charge in [0.2, 0.25) is 0 Å². The maximum absolute atomic E-state index is 11.9. The first-order chi connectivity index (χ1) is 13.9. The van der Waals surface area contributed by atoms with Gasteiger partial charge in [-0.15, -0.1) is 0 Å². The lowest BCUT2D eigenvalue weighted by Crippen LogP contribution is -2.21. The van der Waals surface area contributed by atoms with E-state index in [0.717, 1.165) is 11.3 Å². The van der Waals surface area contributed by atoms with Crippen molar-refractivity contribution < 1.29 is 28.6 Å². The molecule has 0 aromatic heterocycles. The van der Waals surface area contributed by atoms with E-state index in [4.69, 9.17) is 14.2 Å². The number of ether oxygens (including phenoxy) is 3. The van der Waals surface area contributed by atoms with Gasteiger partial charge in [-0.25, -0.2) is 4.79 Å². The van der Waals surface area contributed by atoms with E-state index in [1.807, 2.05) is 24.3 Å². The normalized spacial score (nSPS) is 10.3. The van der Waals surface area contributed by atoms with Gasteiger partial charge in [-0.1, -0.05) is 12.1 Å². The summed E-state index contributed by atoms with van der Waals surface area (Å²) in [6.07, 6.45) is 0.478. The number of nitrogens with one attached hydrogen (secondary N) is 1. The molecule has 0 heterocycles. The molecule has 2 aromatic carbocycles. The number of amides is 1. The van der Waals surface area contributed by atoms with E-state index in [2.05, 4.69) is 5.32 Å². The fraction of sp³-hybridized carbons (Fsp3) is 0.318. The van der Waals surface area contributed by atoms with Crippen molar-refractivity contribution in [2.45, 2.75) is 32.8 Å². The predicted molar refractivity (Wildman–Crippen MR) is 108 cm³/mol. The Morgan fingerprint density at radius 3 is 2.21 bits per heavy atom. The zero-order chi connectivity index (χ0) is 21.2. The lowest BCUT2D eigenvalue weighted by Gasteiger charge is -2.09. The molecule has 0 fully saturated rings. The molecule has 7 nitrogen and oxygen atoms in total. The Bertz CT molecular complexity index is 827. The number of hydrogen-bond donors (Lipinski definition) is 1. The number of rotatable bonds is 9. The average Bonchev–Trinajstić information content (AvgIpc) is 2.71. The van der Waals surface area contributed by atoms with Crippen molar-refractivity contribution in [1.29, 1.82) is 0 Å². The van der Waals surface area contributed by atoms with E-state index in [1.165, 1.54) is 0 Å². The van der Waals surface area contributed by atoms with Gasteiger partial charge in [-0.2, -0.15) is 0 Å². The van der Waals surface area contributed by atoms with E-state index in [-0.39, 0.29) is 19.1 Å². The second kappa shape index (κ2) is 10.8. The van der Waals surface area contributed by atoms with E-state index in [9.17, 15) is 14.4 Å². The topological polar surface area (TPSA) is 90.9 Å². The number of anilines is 1. The first-order valence-electron chi connectivity index (χ1n) is 9.27. The van der Waals surface area contributed by atoms with Gasteiger partial charge >= 0.3 is 11.9 Å². The number of carbonyl (C=O) groups excluding carboxylic acids is 3. The first kappa shape index (κ1) is 21.9. The molecule has 1 amide bonds. The molecule has 7 heteroatoms. The lowest BCUT2D eigenvalue weighted by molar-refractivity contribution is -0.147. The largest absolute Gasteiger partial charge is 0.497 e. The first-order valence-corrected chi connectivity index (χ1v) is 9.27. The molecule has 0 saturated heterocycles. The van der Waals surface area contributed by atoms with Crippen LogP contribution in [0, 0.1) is 0 Å². The van der Waals surface area contributed by atoms with Crippen LogP contribution in [0.25, 0.3) is 0 Å². The molecule has 2 rings (SSSR count). The molecule has 154 valence electrons. The van der Waals surface area contributed by atoms with Crippen molar-refractivity contribution in [1.82, 2.24) is 0 Å². The van der Waals surface area contributed by atoms with Crippen LogP contribution in [0.5, 0.6) is 5.75 Å². The number of benzene rings is 2. The minimum atomic E-state index is -0.458. The molecule has 0 saturated carbocycles. The fourth-order valence-corrected chi connectivity index (χ4v) is 2.43. The van der Waals surface area contributed by atoms with Gasteiger partial charge in [0.15, 0.2) is 6.61 Å². The van der Waals surface area contributed by atoms with E-state index >= 15 is 0 Å². The number of esters is 2. The van der Waals surface area contributed by atoms with E-state index < -0.39 is 17.8 Å². The predicted octanol–water partition coefficient (Wildman–Crippen LogP) is 3.37. The third-order valence-electron chi connectivity index (χ3n) is 3.89. The molecule has 1 N–H and O–H groups in total. The molecule has 0 aliphatic carbocycles. The Kier molecular flexibility index (Phi) is 8.21. The smallest absolute Gasteiger partial charge is 0.338 e. The second-order valence-electron chi connectivity index (χ2n) is 6.59. The van der Waals surface area contributed by atoms with Crippen molar-refractivity contribution in [2.75, 3.05) is 19.0 Å². The SMILES string of the molecule is COc1ccc(CCC(=O)OCC(=O)Nc2ccc(C(=O)OC(C)C)cc2)cc1. The highest BCUT2D eigenvalue weighted by molar-refractivity contribution is 5.94. The summed E-state index contributed by atoms with van der Waals surface area (Å²) in [7, 11) is 1.59. The van der Waals surface area contributed by atoms with Crippen molar-refractivity contribution >= 4 is 23.5 Å². The van der Waals surface area contributed by atoms with E-state index in [0.29, 0.717) is 17.7 Å². The molecule has 0 radical (unpaired) electrons. The van der Waals surface area contributed by atoms with Gasteiger partial charge in [0.25, 0.3) is 5.91 Å². The van der Waals surface area contributed by atoms with Crippen LogP contribution < -0.4 is 10.1 Å². The summed E-state index contributed by atoms with van der Waals surface area (Å²) >= 11 is 0. The third-order valence-corrected chi connectivity index (χ3v) is 3.89. The standard InChI is InChI=1S/C22H25NO6/c1-15(2)29-22(26)17-7-9-18(10-8-17)23-20(24)14-28-21(25)13-6-16-4-11-19(27-3)12-5-16/h4-5,7-12,15H,6,13-14H2,1-3H3,(H,23,24). The van der Waals surface area contributed by atoms with Crippen LogP contribution in [0.1, 0.15) is 36.2 Å². The highest BCUT2D eigenvalue weighted by Gasteiger charge is 2.11. The number of hydrogen-bond acceptors (Lipinski definition) is 6. The maximum atomic E-state index is 11.9. The summed E-state index contributed by atoms with van der Waals surface area (Å²) in [5, 5.41) is 2.61. The quantitative estimate of drug-likeness (QED) is 0.650.